The zero-order valence-corrected chi connectivity index (χ0v) is 14.1. The third-order valence-corrected chi connectivity index (χ3v) is 3.98. The summed E-state index contributed by atoms with van der Waals surface area (Å²) >= 11 is 0. The van der Waals surface area contributed by atoms with E-state index in [1.54, 1.807) is 19.2 Å². The molecule has 0 radical (unpaired) electrons. The molecule has 0 aliphatic heterocycles. The summed E-state index contributed by atoms with van der Waals surface area (Å²) in [5, 5.41) is 0. The maximum absolute atomic E-state index is 13.3. The van der Waals surface area contributed by atoms with Gasteiger partial charge in [-0.1, -0.05) is 56.3 Å². The van der Waals surface area contributed by atoms with Crippen molar-refractivity contribution in [3.05, 3.63) is 72.2 Å². The van der Waals surface area contributed by atoms with Gasteiger partial charge in [0.2, 0.25) is 0 Å². The molecule has 3 rings (SSSR count). The van der Waals surface area contributed by atoms with Crippen molar-refractivity contribution in [1.82, 2.24) is 4.98 Å². The van der Waals surface area contributed by atoms with Gasteiger partial charge in [-0.25, -0.2) is 9.37 Å². The Morgan fingerprint density at radius 2 is 1.58 bits per heavy atom. The minimum atomic E-state index is -0.251. The number of halogens is 1. The largest absolute Gasteiger partial charge is 0.494 e. The maximum Gasteiger partial charge on any atom is 0.148 e. The van der Waals surface area contributed by atoms with Crippen molar-refractivity contribution >= 4 is 0 Å². The van der Waals surface area contributed by atoms with Crippen molar-refractivity contribution in [1.29, 1.82) is 0 Å². The number of methoxy groups -OCH3 is 1. The monoisotopic (exact) mass is 321 g/mol. The molecule has 1 aromatic heterocycles. The molecule has 0 saturated heterocycles. The third kappa shape index (κ3) is 3.16. The predicted octanol–water partition coefficient (Wildman–Crippen LogP) is 5.69. The van der Waals surface area contributed by atoms with Crippen LogP contribution in [0.1, 0.15) is 25.5 Å². The molecule has 0 unspecified atom stereocenters. The van der Waals surface area contributed by atoms with Gasteiger partial charge in [-0.05, 0) is 29.7 Å². The predicted molar refractivity (Wildman–Crippen MR) is 95.7 cm³/mol. The molecule has 0 fully saturated rings. The number of benzene rings is 2. The summed E-state index contributed by atoms with van der Waals surface area (Å²) in [6.45, 7) is 4.18. The summed E-state index contributed by atoms with van der Waals surface area (Å²) in [5.41, 5.74) is 4.67. The summed E-state index contributed by atoms with van der Waals surface area (Å²) in [5.74, 6) is 0.707. The molecule has 0 atom stereocenters. The molecule has 122 valence electrons. The Hall–Kier alpha value is -2.68. The average molecular weight is 321 g/mol. The van der Waals surface area contributed by atoms with Gasteiger partial charge in [-0.2, -0.15) is 0 Å². The minimum absolute atomic E-state index is 0.211. The molecule has 0 N–H and O–H groups in total. The van der Waals surface area contributed by atoms with Crippen molar-refractivity contribution in [2.75, 3.05) is 7.11 Å². The van der Waals surface area contributed by atoms with Crippen LogP contribution >= 0.6 is 0 Å². The van der Waals surface area contributed by atoms with Gasteiger partial charge in [0.1, 0.15) is 11.6 Å². The number of pyridine rings is 1. The van der Waals surface area contributed by atoms with Gasteiger partial charge >= 0.3 is 0 Å². The number of ether oxygens (including phenoxy) is 1. The molecule has 2 aromatic carbocycles. The average Bonchev–Trinajstić information content (AvgIpc) is 2.62. The van der Waals surface area contributed by atoms with Gasteiger partial charge < -0.3 is 4.74 Å². The van der Waals surface area contributed by atoms with E-state index in [9.17, 15) is 4.39 Å². The lowest BCUT2D eigenvalue weighted by atomic mass is 9.97. The normalized spacial score (nSPS) is 10.9. The van der Waals surface area contributed by atoms with E-state index in [-0.39, 0.29) is 11.7 Å². The molecular weight excluding hydrogens is 301 g/mol. The lowest BCUT2D eigenvalue weighted by Gasteiger charge is -2.17. The van der Waals surface area contributed by atoms with Gasteiger partial charge in [0.15, 0.2) is 0 Å². The van der Waals surface area contributed by atoms with Crippen LogP contribution in [0.2, 0.25) is 0 Å². The lowest BCUT2D eigenvalue weighted by Crippen LogP contribution is -2.02. The van der Waals surface area contributed by atoms with E-state index in [1.165, 1.54) is 12.1 Å². The fraction of sp³-hybridized carbons (Fsp3) is 0.190. The highest BCUT2D eigenvalue weighted by molar-refractivity contribution is 5.77. The quantitative estimate of drug-likeness (QED) is 0.616. The second-order valence-electron chi connectivity index (χ2n) is 6.00. The smallest absolute Gasteiger partial charge is 0.148 e. The Balaban J connectivity index is 2.25. The van der Waals surface area contributed by atoms with Crippen molar-refractivity contribution in [2.24, 2.45) is 0 Å². The Morgan fingerprint density at radius 1 is 0.917 bits per heavy atom. The number of hydrogen-bond donors (Lipinski definition) is 0. The molecule has 24 heavy (non-hydrogen) atoms. The highest BCUT2D eigenvalue weighted by Crippen LogP contribution is 2.38. The Bertz CT molecular complexity index is 826. The Morgan fingerprint density at radius 3 is 2.17 bits per heavy atom. The van der Waals surface area contributed by atoms with Crippen LogP contribution in [-0.4, -0.2) is 12.1 Å². The van der Waals surface area contributed by atoms with Crippen molar-refractivity contribution in [2.45, 2.75) is 19.8 Å². The van der Waals surface area contributed by atoms with Crippen LogP contribution in [0.5, 0.6) is 5.75 Å². The standard InChI is InChI=1S/C21H20FNO/c1-14(2)20-21(24-3)18(15-9-11-17(22)12-10-15)13-19(23-20)16-7-5-4-6-8-16/h4-14H,1-3H3. The molecule has 2 nitrogen and oxygen atoms in total. The second-order valence-corrected chi connectivity index (χ2v) is 6.00. The van der Waals surface area contributed by atoms with Crippen LogP contribution in [0.15, 0.2) is 60.7 Å². The number of rotatable bonds is 4. The van der Waals surface area contributed by atoms with E-state index in [0.717, 1.165) is 33.8 Å². The van der Waals surface area contributed by atoms with Crippen molar-refractivity contribution in [3.63, 3.8) is 0 Å². The topological polar surface area (TPSA) is 22.1 Å². The highest BCUT2D eigenvalue weighted by atomic mass is 19.1. The van der Waals surface area contributed by atoms with Gasteiger partial charge in [0.25, 0.3) is 0 Å². The van der Waals surface area contributed by atoms with E-state index in [0.29, 0.717) is 0 Å². The first kappa shape index (κ1) is 16.2. The van der Waals surface area contributed by atoms with E-state index in [2.05, 4.69) is 13.8 Å². The Kier molecular flexibility index (Phi) is 4.61. The first-order valence-electron chi connectivity index (χ1n) is 8.00. The second kappa shape index (κ2) is 6.83. The molecule has 0 saturated carbocycles. The van der Waals surface area contributed by atoms with Gasteiger partial charge in [-0.15, -0.1) is 0 Å². The zero-order chi connectivity index (χ0) is 17.1. The van der Waals surface area contributed by atoms with Crippen LogP contribution in [-0.2, 0) is 0 Å². The summed E-state index contributed by atoms with van der Waals surface area (Å²) in [6.07, 6.45) is 0. The van der Waals surface area contributed by atoms with Crippen molar-refractivity contribution in [3.8, 4) is 28.1 Å². The summed E-state index contributed by atoms with van der Waals surface area (Å²) in [6, 6.07) is 18.5. The molecule has 0 spiro atoms. The molecule has 0 aliphatic carbocycles. The molecule has 0 bridgehead atoms. The minimum Gasteiger partial charge on any atom is -0.494 e. The fourth-order valence-corrected chi connectivity index (χ4v) is 2.76. The van der Waals surface area contributed by atoms with E-state index < -0.39 is 0 Å². The van der Waals surface area contributed by atoms with Gasteiger partial charge in [-0.3, -0.25) is 0 Å². The summed E-state index contributed by atoms with van der Waals surface area (Å²) in [7, 11) is 1.65. The summed E-state index contributed by atoms with van der Waals surface area (Å²) < 4.78 is 19.0. The van der Waals surface area contributed by atoms with E-state index >= 15 is 0 Å². The van der Waals surface area contributed by atoms with E-state index in [4.69, 9.17) is 9.72 Å². The van der Waals surface area contributed by atoms with Crippen LogP contribution in [0.25, 0.3) is 22.4 Å². The molecule has 0 amide bonds. The third-order valence-electron chi connectivity index (χ3n) is 3.98. The van der Waals surface area contributed by atoms with Gasteiger partial charge in [0, 0.05) is 11.1 Å². The highest BCUT2D eigenvalue weighted by Gasteiger charge is 2.18. The first-order valence-corrected chi connectivity index (χ1v) is 8.00. The molecule has 3 aromatic rings. The molecule has 3 heteroatoms. The zero-order valence-electron chi connectivity index (χ0n) is 14.1. The number of aromatic nitrogens is 1. The molecular formula is C21H20FNO. The van der Waals surface area contributed by atoms with E-state index in [1.807, 2.05) is 36.4 Å². The van der Waals surface area contributed by atoms with Gasteiger partial charge in [0.05, 0.1) is 18.5 Å². The molecule has 1 heterocycles. The lowest BCUT2D eigenvalue weighted by molar-refractivity contribution is 0.406. The summed E-state index contributed by atoms with van der Waals surface area (Å²) in [4.78, 5) is 4.82. The number of nitrogens with zero attached hydrogens (tertiary/aromatic N) is 1. The maximum atomic E-state index is 13.3. The first-order chi connectivity index (χ1) is 11.6. The van der Waals surface area contributed by atoms with Crippen LogP contribution in [0.4, 0.5) is 4.39 Å². The van der Waals surface area contributed by atoms with Crippen LogP contribution < -0.4 is 4.74 Å². The number of hydrogen-bond acceptors (Lipinski definition) is 2. The molecule has 0 aliphatic rings. The Labute approximate surface area is 142 Å². The van der Waals surface area contributed by atoms with Crippen LogP contribution in [0, 0.1) is 5.82 Å². The fourth-order valence-electron chi connectivity index (χ4n) is 2.76. The van der Waals surface area contributed by atoms with Crippen molar-refractivity contribution < 1.29 is 9.13 Å². The SMILES string of the molecule is COc1c(-c2ccc(F)cc2)cc(-c2ccccc2)nc1C(C)C. The van der Waals surface area contributed by atoms with Crippen LogP contribution in [0.3, 0.4) is 0 Å².